The Morgan fingerprint density at radius 1 is 1.41 bits per heavy atom. The van der Waals surface area contributed by atoms with E-state index in [9.17, 15) is 14.2 Å². The molecular weight excluding hydrogens is 333 g/mol. The molecule has 0 spiro atoms. The van der Waals surface area contributed by atoms with E-state index in [-0.39, 0.29) is 18.1 Å². The van der Waals surface area contributed by atoms with Crippen molar-refractivity contribution in [2.45, 2.75) is 25.8 Å². The minimum Gasteiger partial charge on any atom is -0.480 e. The Hall–Kier alpha value is -1.56. The first-order valence-electron chi connectivity index (χ1n) is 6.40. The zero-order valence-electron chi connectivity index (χ0n) is 12.1. The molecule has 1 aromatic carbocycles. The van der Waals surface area contributed by atoms with E-state index in [1.54, 1.807) is 18.2 Å². The van der Waals surface area contributed by atoms with Gasteiger partial charge in [-0.2, -0.15) is 0 Å². The van der Waals surface area contributed by atoms with Crippen molar-refractivity contribution in [2.24, 2.45) is 0 Å². The van der Waals surface area contributed by atoms with Gasteiger partial charge >= 0.3 is 18.8 Å². The quantitative estimate of drug-likeness (QED) is 0.549. The van der Waals surface area contributed by atoms with Crippen LogP contribution in [0, 0.1) is 0 Å². The number of carboxylic acids is 1. The first-order chi connectivity index (χ1) is 10.2. The zero-order chi connectivity index (χ0) is 16.8. The van der Waals surface area contributed by atoms with Gasteiger partial charge in [0.15, 0.2) is 0 Å². The van der Waals surface area contributed by atoms with Crippen LogP contribution in [0.5, 0.6) is 5.75 Å². The Morgan fingerprint density at radius 3 is 2.64 bits per heavy atom. The van der Waals surface area contributed by atoms with Crippen LogP contribution in [0.15, 0.2) is 24.3 Å². The van der Waals surface area contributed by atoms with E-state index in [0.717, 1.165) is 0 Å². The number of halogens is 1. The summed E-state index contributed by atoms with van der Waals surface area (Å²) in [4.78, 5) is 21.9. The number of carboxylic acid groups (broad SMARTS) is 1. The third kappa shape index (κ3) is 6.05. The van der Waals surface area contributed by atoms with Crippen LogP contribution < -0.4 is 9.61 Å². The molecule has 0 aliphatic carbocycles. The highest BCUT2D eigenvalue weighted by Gasteiger charge is 2.27. The fourth-order valence-electron chi connectivity index (χ4n) is 1.58. The molecule has 0 saturated carbocycles. The molecule has 22 heavy (non-hydrogen) atoms. The highest BCUT2D eigenvalue weighted by atomic mass is 35.7. The van der Waals surface area contributed by atoms with Crippen molar-refractivity contribution in [1.29, 1.82) is 0 Å². The van der Waals surface area contributed by atoms with Gasteiger partial charge in [-0.25, -0.2) is 9.65 Å². The van der Waals surface area contributed by atoms with Crippen LogP contribution in [0.25, 0.3) is 0 Å². The highest BCUT2D eigenvalue weighted by molar-refractivity contribution is 7.84. The Bertz CT molecular complexity index is 594. The predicted molar refractivity (Wildman–Crippen MR) is 81.1 cm³/mol. The maximum absolute atomic E-state index is 12.1. The van der Waals surface area contributed by atoms with Crippen molar-refractivity contribution in [3.05, 3.63) is 29.8 Å². The first kappa shape index (κ1) is 18.5. The summed E-state index contributed by atoms with van der Waals surface area (Å²) in [5, 5.41) is 11.0. The van der Waals surface area contributed by atoms with Crippen molar-refractivity contribution in [2.75, 3.05) is 7.11 Å². The lowest BCUT2D eigenvalue weighted by molar-refractivity contribution is -0.140. The van der Waals surface area contributed by atoms with Crippen LogP contribution in [0.3, 0.4) is 0 Å². The fourth-order valence-corrected chi connectivity index (χ4v) is 3.30. The van der Waals surface area contributed by atoms with E-state index in [2.05, 4.69) is 9.82 Å². The van der Waals surface area contributed by atoms with Gasteiger partial charge in [-0.05, 0) is 25.0 Å². The molecule has 2 atom stereocenters. The molecule has 122 valence electrons. The van der Waals surface area contributed by atoms with E-state index >= 15 is 0 Å². The number of hydrogen-bond acceptors (Lipinski definition) is 5. The second-order valence-corrected chi connectivity index (χ2v) is 7.18. The molecule has 0 fully saturated rings. The third-order valence-electron chi connectivity index (χ3n) is 2.73. The summed E-state index contributed by atoms with van der Waals surface area (Å²) in [6.07, 6.45) is 0.441. The number of para-hydroxylation sites is 1. The summed E-state index contributed by atoms with van der Waals surface area (Å²) in [7, 11) is 1.29. The number of aryl methyl sites for hydroxylation is 1. The van der Waals surface area contributed by atoms with Crippen molar-refractivity contribution in [3.63, 3.8) is 0 Å². The van der Waals surface area contributed by atoms with Crippen LogP contribution >= 0.6 is 18.1 Å². The van der Waals surface area contributed by atoms with E-state index in [1.165, 1.54) is 20.1 Å². The van der Waals surface area contributed by atoms with E-state index < -0.39 is 18.9 Å². The minimum atomic E-state index is -3.88. The van der Waals surface area contributed by atoms with E-state index in [1.807, 2.05) is 0 Å². The summed E-state index contributed by atoms with van der Waals surface area (Å²) in [6, 6.07) is 5.47. The molecule has 0 heterocycles. The number of esters is 1. The summed E-state index contributed by atoms with van der Waals surface area (Å²) in [6.45, 7) is -2.58. The van der Waals surface area contributed by atoms with Gasteiger partial charge in [-0.1, -0.05) is 18.2 Å². The SMILES string of the molecule is COC(=O)CCc1ccccc1OP(=O)(Cl)NC(C)C(=O)O. The summed E-state index contributed by atoms with van der Waals surface area (Å²) >= 11 is 5.74. The molecule has 2 N–H and O–H groups in total. The van der Waals surface area contributed by atoms with Crippen molar-refractivity contribution >= 4 is 30.1 Å². The van der Waals surface area contributed by atoms with Crippen LogP contribution in [-0.4, -0.2) is 30.2 Å². The predicted octanol–water partition coefficient (Wildman–Crippen LogP) is 2.58. The molecule has 0 amide bonds. The van der Waals surface area contributed by atoms with Gasteiger partial charge in [0, 0.05) is 17.7 Å². The molecule has 9 heteroatoms. The molecule has 7 nitrogen and oxygen atoms in total. The number of nitrogens with one attached hydrogen (secondary N) is 1. The van der Waals surface area contributed by atoms with Crippen molar-refractivity contribution in [3.8, 4) is 5.75 Å². The smallest absolute Gasteiger partial charge is 0.409 e. The number of aliphatic carboxylic acids is 1. The molecule has 0 aliphatic rings. The lowest BCUT2D eigenvalue weighted by Gasteiger charge is -2.18. The van der Waals surface area contributed by atoms with Crippen LogP contribution in [0.1, 0.15) is 18.9 Å². The molecule has 0 saturated heterocycles. The standard InChI is InChI=1S/C13H17ClNO6P/c1-9(13(17)18)15-22(14,19)21-11-6-4-3-5-10(11)7-8-12(16)20-2/h3-6,9H,7-8H2,1-2H3,(H,15,19)(H,17,18). The molecule has 1 rings (SSSR count). The summed E-state index contributed by atoms with van der Waals surface area (Å²) in [5.41, 5.74) is 0.610. The Balaban J connectivity index is 2.82. The van der Waals surface area contributed by atoms with Gasteiger partial charge < -0.3 is 14.4 Å². The van der Waals surface area contributed by atoms with Crippen LogP contribution in [0.2, 0.25) is 0 Å². The Morgan fingerprint density at radius 2 is 2.05 bits per heavy atom. The summed E-state index contributed by atoms with van der Waals surface area (Å²) in [5.74, 6) is -1.38. The lowest BCUT2D eigenvalue weighted by atomic mass is 10.1. The second-order valence-electron chi connectivity index (χ2n) is 4.44. The largest absolute Gasteiger partial charge is 0.480 e. The van der Waals surface area contributed by atoms with Gasteiger partial charge in [-0.15, -0.1) is 0 Å². The third-order valence-corrected chi connectivity index (χ3v) is 4.36. The summed E-state index contributed by atoms with van der Waals surface area (Å²) < 4.78 is 21.9. The number of methoxy groups -OCH3 is 1. The van der Waals surface area contributed by atoms with E-state index in [0.29, 0.717) is 12.0 Å². The first-order valence-corrected chi connectivity index (χ1v) is 8.93. The van der Waals surface area contributed by atoms with Gasteiger partial charge in [0.2, 0.25) is 0 Å². The molecule has 0 radical (unpaired) electrons. The number of carbonyl (C=O) groups excluding carboxylic acids is 1. The monoisotopic (exact) mass is 349 g/mol. The topological polar surface area (TPSA) is 102 Å². The number of benzene rings is 1. The van der Waals surface area contributed by atoms with Crippen molar-refractivity contribution < 1.29 is 28.5 Å². The molecule has 0 aliphatic heterocycles. The van der Waals surface area contributed by atoms with E-state index in [4.69, 9.17) is 20.9 Å². The Kier molecular flexibility index (Phi) is 6.87. The average molecular weight is 350 g/mol. The second kappa shape index (κ2) is 8.17. The van der Waals surface area contributed by atoms with Gasteiger partial charge in [0.25, 0.3) is 0 Å². The highest BCUT2D eigenvalue weighted by Crippen LogP contribution is 2.49. The van der Waals surface area contributed by atoms with Crippen molar-refractivity contribution in [1.82, 2.24) is 5.09 Å². The number of hydrogen-bond donors (Lipinski definition) is 2. The van der Waals surface area contributed by atoms with Crippen LogP contribution in [0.4, 0.5) is 0 Å². The Labute approximate surface area is 132 Å². The van der Waals surface area contributed by atoms with Gasteiger partial charge in [0.1, 0.15) is 11.8 Å². The van der Waals surface area contributed by atoms with Gasteiger partial charge in [-0.3, -0.25) is 9.59 Å². The van der Waals surface area contributed by atoms with Crippen LogP contribution in [-0.2, 0) is 25.3 Å². The number of rotatable bonds is 8. The molecule has 2 unspecified atom stereocenters. The molecule has 1 aromatic rings. The minimum absolute atomic E-state index is 0.127. The van der Waals surface area contributed by atoms with Gasteiger partial charge in [0.05, 0.1) is 7.11 Å². The number of ether oxygens (including phenoxy) is 1. The molecular formula is C13H17ClNO6P. The fraction of sp³-hybridized carbons (Fsp3) is 0.385. The lowest BCUT2D eigenvalue weighted by Crippen LogP contribution is -2.31. The zero-order valence-corrected chi connectivity index (χ0v) is 13.8. The molecule has 0 aromatic heterocycles. The molecule has 0 bridgehead atoms. The normalized spacial score (nSPS) is 14.7. The maximum atomic E-state index is 12.1. The average Bonchev–Trinajstić information content (AvgIpc) is 2.44. The maximum Gasteiger partial charge on any atom is 0.409 e. The number of carbonyl (C=O) groups is 2.